The molecule has 2 rings (SSSR count). The Hall–Kier alpha value is -1.81. The van der Waals surface area contributed by atoms with E-state index in [2.05, 4.69) is 0 Å². The van der Waals surface area contributed by atoms with Crippen LogP contribution in [0, 0.1) is 10.1 Å². The number of nitro benzene ring substituents is 1. The molecule has 10 heteroatoms. The van der Waals surface area contributed by atoms with E-state index in [0.29, 0.717) is 32.2 Å². The third-order valence-corrected chi connectivity index (χ3v) is 5.51. The van der Waals surface area contributed by atoms with Gasteiger partial charge in [-0.2, -0.15) is 8.78 Å². The molecule has 1 aliphatic heterocycles. The molecule has 0 spiro atoms. The van der Waals surface area contributed by atoms with Gasteiger partial charge in [-0.3, -0.25) is 10.1 Å². The van der Waals surface area contributed by atoms with Gasteiger partial charge in [-0.1, -0.05) is 6.92 Å². The first kappa shape index (κ1) is 18.5. The lowest BCUT2D eigenvalue weighted by Crippen LogP contribution is -2.50. The smallest absolute Gasteiger partial charge is 0.341 e. The summed E-state index contributed by atoms with van der Waals surface area (Å²) >= 11 is 0. The molecule has 1 atom stereocenters. The van der Waals surface area contributed by atoms with E-state index in [9.17, 15) is 27.3 Å². The fourth-order valence-electron chi connectivity index (χ4n) is 2.55. The van der Waals surface area contributed by atoms with Gasteiger partial charge in [0.05, 0.1) is 22.0 Å². The Morgan fingerprint density at radius 3 is 2.67 bits per heavy atom. The van der Waals surface area contributed by atoms with Gasteiger partial charge in [0.2, 0.25) is 9.84 Å². The molecule has 0 aromatic heterocycles. The van der Waals surface area contributed by atoms with Gasteiger partial charge in [-0.15, -0.1) is 0 Å². The second-order valence-corrected chi connectivity index (χ2v) is 7.70. The number of nitrogens with zero attached hydrogens (tertiary/aromatic N) is 2. The molecular weight excluding hydrogens is 346 g/mol. The second-order valence-electron chi connectivity index (χ2n) is 5.79. The molecule has 0 amide bonds. The van der Waals surface area contributed by atoms with E-state index in [1.165, 1.54) is 6.07 Å². The highest BCUT2D eigenvalue weighted by Gasteiger charge is 2.35. The van der Waals surface area contributed by atoms with E-state index < -0.39 is 36.7 Å². The minimum Gasteiger partial charge on any atom is -0.372 e. The highest BCUT2D eigenvalue weighted by molar-refractivity contribution is 7.91. The number of ether oxygens (including phenoxy) is 1. The van der Waals surface area contributed by atoms with Crippen molar-refractivity contribution in [1.29, 1.82) is 0 Å². The number of sulfone groups is 1. The second kappa shape index (κ2) is 6.60. The van der Waals surface area contributed by atoms with Crippen LogP contribution in [0.1, 0.15) is 20.3 Å². The molecule has 0 N–H and O–H groups in total. The van der Waals surface area contributed by atoms with Crippen molar-refractivity contribution in [2.45, 2.75) is 36.5 Å². The average molecular weight is 364 g/mol. The summed E-state index contributed by atoms with van der Waals surface area (Å²) in [6.07, 6.45) is 0.690. The molecule has 0 saturated carbocycles. The summed E-state index contributed by atoms with van der Waals surface area (Å²) < 4.78 is 54.0. The van der Waals surface area contributed by atoms with E-state index in [1.807, 2.05) is 13.8 Å². The molecule has 134 valence electrons. The third-order valence-electron chi connectivity index (χ3n) is 4.13. The molecule has 1 fully saturated rings. The van der Waals surface area contributed by atoms with Crippen LogP contribution in [0.2, 0.25) is 0 Å². The molecule has 24 heavy (non-hydrogen) atoms. The molecule has 1 saturated heterocycles. The summed E-state index contributed by atoms with van der Waals surface area (Å²) in [5.41, 5.74) is -0.812. The van der Waals surface area contributed by atoms with Gasteiger partial charge in [0, 0.05) is 19.2 Å². The standard InChI is InChI=1S/C14H18F2N2O5S/c1-3-14(2)9-17(6-7-23-14)11-5-4-10(8-12(11)18(19)20)24(21,22)13(15)16/h4-5,8,13H,3,6-7,9H2,1-2H3. The minimum absolute atomic E-state index is 0.191. The molecule has 1 heterocycles. The third kappa shape index (κ3) is 3.48. The Morgan fingerprint density at radius 2 is 2.12 bits per heavy atom. The van der Waals surface area contributed by atoms with Crippen LogP contribution in [0.15, 0.2) is 23.1 Å². The van der Waals surface area contributed by atoms with Crippen molar-refractivity contribution >= 4 is 21.2 Å². The highest BCUT2D eigenvalue weighted by atomic mass is 32.2. The Morgan fingerprint density at radius 1 is 1.46 bits per heavy atom. The van der Waals surface area contributed by atoms with E-state index in [-0.39, 0.29) is 5.69 Å². The summed E-state index contributed by atoms with van der Waals surface area (Å²) in [5.74, 6) is -3.63. The SMILES string of the molecule is CCC1(C)CN(c2ccc(S(=O)(=O)C(F)F)cc2[N+](=O)[O-])CCO1. The number of morpholine rings is 1. The van der Waals surface area contributed by atoms with Crippen molar-refractivity contribution in [3.63, 3.8) is 0 Å². The van der Waals surface area contributed by atoms with E-state index in [0.717, 1.165) is 6.07 Å². The molecule has 1 aromatic carbocycles. The maximum atomic E-state index is 12.6. The summed E-state index contributed by atoms with van der Waals surface area (Å²) in [6, 6.07) is 2.87. The van der Waals surface area contributed by atoms with Crippen LogP contribution >= 0.6 is 0 Å². The number of rotatable bonds is 5. The lowest BCUT2D eigenvalue weighted by Gasteiger charge is -2.41. The van der Waals surface area contributed by atoms with Gasteiger partial charge in [-0.25, -0.2) is 8.42 Å². The minimum atomic E-state index is -4.89. The summed E-state index contributed by atoms with van der Waals surface area (Å²) in [5, 5.41) is 11.3. The maximum Gasteiger partial charge on any atom is 0.341 e. The summed E-state index contributed by atoms with van der Waals surface area (Å²) in [6.45, 7) is 4.93. The number of alkyl halides is 2. The first-order valence-corrected chi connectivity index (χ1v) is 8.85. The number of anilines is 1. The molecule has 0 bridgehead atoms. The van der Waals surface area contributed by atoms with Crippen LogP contribution < -0.4 is 4.90 Å². The highest BCUT2D eigenvalue weighted by Crippen LogP contribution is 2.35. The quantitative estimate of drug-likeness (QED) is 0.589. The Kier molecular flexibility index (Phi) is 5.09. The zero-order valence-electron chi connectivity index (χ0n) is 13.2. The fourth-order valence-corrected chi connectivity index (χ4v) is 3.29. The van der Waals surface area contributed by atoms with Crippen LogP contribution in [0.4, 0.5) is 20.2 Å². The van der Waals surface area contributed by atoms with Crippen LogP contribution in [0.5, 0.6) is 0 Å². The van der Waals surface area contributed by atoms with Crippen molar-refractivity contribution in [2.24, 2.45) is 0 Å². The number of hydrogen-bond donors (Lipinski definition) is 0. The van der Waals surface area contributed by atoms with Crippen molar-refractivity contribution in [1.82, 2.24) is 0 Å². The van der Waals surface area contributed by atoms with Gasteiger partial charge in [0.25, 0.3) is 5.69 Å². The van der Waals surface area contributed by atoms with Crippen LogP contribution in [0.3, 0.4) is 0 Å². The van der Waals surface area contributed by atoms with Crippen molar-refractivity contribution in [3.05, 3.63) is 28.3 Å². The molecule has 1 aromatic rings. The molecule has 7 nitrogen and oxygen atoms in total. The lowest BCUT2D eigenvalue weighted by atomic mass is 10.0. The van der Waals surface area contributed by atoms with E-state index >= 15 is 0 Å². The zero-order valence-corrected chi connectivity index (χ0v) is 14.1. The van der Waals surface area contributed by atoms with Crippen molar-refractivity contribution in [2.75, 3.05) is 24.6 Å². The molecule has 0 radical (unpaired) electrons. The fraction of sp³-hybridized carbons (Fsp3) is 0.571. The Labute approximate surface area is 138 Å². The first-order chi connectivity index (χ1) is 11.1. The van der Waals surface area contributed by atoms with E-state index in [4.69, 9.17) is 4.74 Å². The van der Waals surface area contributed by atoms with Gasteiger partial charge < -0.3 is 9.64 Å². The maximum absolute atomic E-state index is 12.6. The topological polar surface area (TPSA) is 89.8 Å². The lowest BCUT2D eigenvalue weighted by molar-refractivity contribution is -0.384. The van der Waals surface area contributed by atoms with Crippen molar-refractivity contribution < 1.29 is 26.9 Å². The monoisotopic (exact) mass is 364 g/mol. The number of hydrogen-bond acceptors (Lipinski definition) is 6. The van der Waals surface area contributed by atoms with E-state index in [1.54, 1.807) is 4.90 Å². The number of halogens is 2. The van der Waals surface area contributed by atoms with Crippen molar-refractivity contribution in [3.8, 4) is 0 Å². The van der Waals surface area contributed by atoms with Crippen LogP contribution in [0.25, 0.3) is 0 Å². The molecular formula is C14H18F2N2O5S. The van der Waals surface area contributed by atoms with Gasteiger partial charge in [0.15, 0.2) is 0 Å². The summed E-state index contributed by atoms with van der Waals surface area (Å²) in [7, 11) is -4.89. The average Bonchev–Trinajstić information content (AvgIpc) is 2.54. The predicted molar refractivity (Wildman–Crippen MR) is 83.1 cm³/mol. The normalized spacial score (nSPS) is 22.0. The first-order valence-electron chi connectivity index (χ1n) is 7.30. The van der Waals surface area contributed by atoms with Crippen LogP contribution in [-0.2, 0) is 14.6 Å². The molecule has 1 aliphatic rings. The molecule has 1 unspecified atom stereocenters. The summed E-state index contributed by atoms with van der Waals surface area (Å²) in [4.78, 5) is 11.5. The number of nitro groups is 1. The van der Waals surface area contributed by atoms with Gasteiger partial charge >= 0.3 is 5.76 Å². The predicted octanol–water partition coefficient (Wildman–Crippen LogP) is 2.60. The zero-order chi connectivity index (χ0) is 18.1. The largest absolute Gasteiger partial charge is 0.372 e. The number of benzene rings is 1. The van der Waals surface area contributed by atoms with Gasteiger partial charge in [0.1, 0.15) is 5.69 Å². The van der Waals surface area contributed by atoms with Crippen LogP contribution in [-0.4, -0.2) is 44.4 Å². The molecule has 0 aliphatic carbocycles. The Bertz CT molecular complexity index is 741. The Balaban J connectivity index is 2.47. The van der Waals surface area contributed by atoms with Gasteiger partial charge in [-0.05, 0) is 25.5 Å².